The summed E-state index contributed by atoms with van der Waals surface area (Å²) in [7, 11) is 4.69. The monoisotopic (exact) mass is 289 g/mol. The van der Waals surface area contributed by atoms with Crippen molar-refractivity contribution in [2.75, 3.05) is 27.1 Å². The maximum atomic E-state index is 5.92. The van der Waals surface area contributed by atoms with Gasteiger partial charge in [-0.2, -0.15) is 0 Å². The fraction of sp³-hybridized carbons (Fsp3) is 0.333. The van der Waals surface area contributed by atoms with Crippen LogP contribution in [-0.4, -0.2) is 31.3 Å². The van der Waals surface area contributed by atoms with E-state index in [1.165, 1.54) is 0 Å². The van der Waals surface area contributed by atoms with Crippen molar-refractivity contribution in [2.45, 2.75) is 13.8 Å². The number of anilines is 1. The maximum absolute atomic E-state index is 5.92. The van der Waals surface area contributed by atoms with Crippen LogP contribution in [0, 0.1) is 13.8 Å². The Hall–Kier alpha value is -2.50. The lowest BCUT2D eigenvalue weighted by atomic mass is 10.1. The number of aryl methyl sites for hydroxylation is 1. The minimum Gasteiger partial charge on any atom is -0.493 e. The molecule has 0 saturated carbocycles. The molecule has 0 bridgehead atoms. The number of hydrogen-bond donors (Lipinski definition) is 1. The molecular formula is C15H19N3O3. The number of aromatic nitrogens is 2. The van der Waals surface area contributed by atoms with Gasteiger partial charge in [0.15, 0.2) is 17.3 Å². The molecule has 0 atom stereocenters. The predicted octanol–water partition coefficient (Wildman–Crippen LogP) is 2.37. The standard InChI is InChI=1S/C15H19N3O3/c1-8-9(2)17-15(18-14(8)16)10-6-11(19-3)13(21-5)12(7-10)20-4/h6-7H,1-5H3,(H2,16,17,18). The molecule has 0 spiro atoms. The second-order valence-corrected chi connectivity index (χ2v) is 4.56. The number of hydrogen-bond acceptors (Lipinski definition) is 6. The van der Waals surface area contributed by atoms with Gasteiger partial charge >= 0.3 is 0 Å². The zero-order chi connectivity index (χ0) is 15.6. The van der Waals surface area contributed by atoms with Crippen molar-refractivity contribution >= 4 is 5.82 Å². The highest BCUT2D eigenvalue weighted by atomic mass is 16.5. The van der Waals surface area contributed by atoms with Crippen molar-refractivity contribution in [1.82, 2.24) is 9.97 Å². The van der Waals surface area contributed by atoms with E-state index in [0.29, 0.717) is 28.9 Å². The fourth-order valence-electron chi connectivity index (χ4n) is 1.99. The van der Waals surface area contributed by atoms with E-state index in [2.05, 4.69) is 9.97 Å². The van der Waals surface area contributed by atoms with Crippen LogP contribution in [0.1, 0.15) is 11.3 Å². The summed E-state index contributed by atoms with van der Waals surface area (Å²) in [5, 5.41) is 0. The van der Waals surface area contributed by atoms with Crippen molar-refractivity contribution in [3.63, 3.8) is 0 Å². The van der Waals surface area contributed by atoms with Gasteiger partial charge in [-0.3, -0.25) is 0 Å². The Morgan fingerprint density at radius 1 is 0.905 bits per heavy atom. The summed E-state index contributed by atoms with van der Waals surface area (Å²) in [6, 6.07) is 3.59. The Kier molecular flexibility index (Phi) is 4.16. The van der Waals surface area contributed by atoms with Gasteiger partial charge in [-0.05, 0) is 26.0 Å². The maximum Gasteiger partial charge on any atom is 0.203 e. The summed E-state index contributed by atoms with van der Waals surface area (Å²) in [4.78, 5) is 8.79. The van der Waals surface area contributed by atoms with Gasteiger partial charge in [0, 0.05) is 16.8 Å². The molecule has 0 aliphatic heterocycles. The Morgan fingerprint density at radius 3 is 1.90 bits per heavy atom. The molecule has 0 unspecified atom stereocenters. The second kappa shape index (κ2) is 5.87. The molecule has 1 aromatic heterocycles. The summed E-state index contributed by atoms with van der Waals surface area (Å²) in [5.74, 6) is 2.61. The highest BCUT2D eigenvalue weighted by Crippen LogP contribution is 2.40. The molecule has 0 fully saturated rings. The molecule has 0 saturated heterocycles. The van der Waals surface area contributed by atoms with E-state index in [-0.39, 0.29) is 0 Å². The SMILES string of the molecule is COc1cc(-c2nc(C)c(C)c(N)n2)cc(OC)c1OC. The Bertz CT molecular complexity index is 623. The first-order valence-electron chi connectivity index (χ1n) is 6.42. The lowest BCUT2D eigenvalue weighted by Crippen LogP contribution is -2.03. The molecule has 2 rings (SSSR count). The van der Waals surface area contributed by atoms with Crippen molar-refractivity contribution < 1.29 is 14.2 Å². The molecule has 2 N–H and O–H groups in total. The van der Waals surface area contributed by atoms with Crippen LogP contribution < -0.4 is 19.9 Å². The van der Waals surface area contributed by atoms with Crippen LogP contribution in [0.4, 0.5) is 5.82 Å². The van der Waals surface area contributed by atoms with Gasteiger partial charge in [0.1, 0.15) is 5.82 Å². The van der Waals surface area contributed by atoms with Gasteiger partial charge in [-0.1, -0.05) is 0 Å². The average molecular weight is 289 g/mol. The fourth-order valence-corrected chi connectivity index (χ4v) is 1.99. The van der Waals surface area contributed by atoms with E-state index < -0.39 is 0 Å². The van der Waals surface area contributed by atoms with Gasteiger partial charge < -0.3 is 19.9 Å². The number of nitrogens with two attached hydrogens (primary N) is 1. The van der Waals surface area contributed by atoms with E-state index in [1.54, 1.807) is 33.5 Å². The summed E-state index contributed by atoms with van der Waals surface area (Å²) in [6.07, 6.45) is 0. The zero-order valence-electron chi connectivity index (χ0n) is 12.9. The minimum atomic E-state index is 0.464. The molecule has 112 valence electrons. The molecule has 1 aromatic carbocycles. The lowest BCUT2D eigenvalue weighted by Gasteiger charge is -2.14. The summed E-state index contributed by atoms with van der Waals surface area (Å²) in [6.45, 7) is 3.79. The zero-order valence-corrected chi connectivity index (χ0v) is 12.9. The first kappa shape index (κ1) is 14.9. The second-order valence-electron chi connectivity index (χ2n) is 4.56. The van der Waals surface area contributed by atoms with E-state index in [4.69, 9.17) is 19.9 Å². The molecule has 0 aliphatic rings. The summed E-state index contributed by atoms with van der Waals surface area (Å²) in [5.41, 5.74) is 8.39. The van der Waals surface area contributed by atoms with Gasteiger partial charge in [0.25, 0.3) is 0 Å². The molecular weight excluding hydrogens is 270 g/mol. The Morgan fingerprint density at radius 2 is 1.48 bits per heavy atom. The largest absolute Gasteiger partial charge is 0.493 e. The quantitative estimate of drug-likeness (QED) is 0.930. The third kappa shape index (κ3) is 2.69. The van der Waals surface area contributed by atoms with Gasteiger partial charge in [0.05, 0.1) is 21.3 Å². The summed E-state index contributed by atoms with van der Waals surface area (Å²) >= 11 is 0. The molecule has 6 heteroatoms. The average Bonchev–Trinajstić information content (AvgIpc) is 2.50. The highest BCUT2D eigenvalue weighted by Gasteiger charge is 2.16. The Labute approximate surface area is 123 Å². The van der Waals surface area contributed by atoms with Crippen LogP contribution in [0.15, 0.2) is 12.1 Å². The molecule has 0 radical (unpaired) electrons. The van der Waals surface area contributed by atoms with E-state index in [0.717, 1.165) is 16.8 Å². The summed E-state index contributed by atoms with van der Waals surface area (Å²) < 4.78 is 16.0. The van der Waals surface area contributed by atoms with Crippen LogP contribution in [0.5, 0.6) is 17.2 Å². The number of methoxy groups -OCH3 is 3. The molecule has 1 heterocycles. The molecule has 6 nitrogen and oxygen atoms in total. The van der Waals surface area contributed by atoms with Gasteiger partial charge in [-0.15, -0.1) is 0 Å². The van der Waals surface area contributed by atoms with Gasteiger partial charge in [0.2, 0.25) is 5.75 Å². The number of benzene rings is 1. The Balaban J connectivity index is 2.64. The van der Waals surface area contributed by atoms with E-state index in [9.17, 15) is 0 Å². The molecule has 0 aliphatic carbocycles. The minimum absolute atomic E-state index is 0.464. The van der Waals surface area contributed by atoms with Gasteiger partial charge in [-0.25, -0.2) is 9.97 Å². The first-order chi connectivity index (χ1) is 10.0. The molecule has 2 aromatic rings. The number of nitrogen functional groups attached to an aromatic ring is 1. The number of nitrogens with zero attached hydrogens (tertiary/aromatic N) is 2. The van der Waals surface area contributed by atoms with Crippen molar-refractivity contribution in [3.05, 3.63) is 23.4 Å². The molecule has 0 amide bonds. The third-order valence-electron chi connectivity index (χ3n) is 3.35. The normalized spacial score (nSPS) is 10.3. The van der Waals surface area contributed by atoms with Crippen LogP contribution >= 0.6 is 0 Å². The number of ether oxygens (including phenoxy) is 3. The topological polar surface area (TPSA) is 79.5 Å². The molecule has 21 heavy (non-hydrogen) atoms. The van der Waals surface area contributed by atoms with Crippen LogP contribution in [0.25, 0.3) is 11.4 Å². The number of rotatable bonds is 4. The smallest absolute Gasteiger partial charge is 0.203 e. The van der Waals surface area contributed by atoms with Crippen LogP contribution in [-0.2, 0) is 0 Å². The van der Waals surface area contributed by atoms with Crippen molar-refractivity contribution in [2.24, 2.45) is 0 Å². The third-order valence-corrected chi connectivity index (χ3v) is 3.35. The lowest BCUT2D eigenvalue weighted by molar-refractivity contribution is 0.324. The van der Waals surface area contributed by atoms with Crippen molar-refractivity contribution in [3.8, 4) is 28.6 Å². The highest BCUT2D eigenvalue weighted by molar-refractivity contribution is 5.67. The van der Waals surface area contributed by atoms with E-state index in [1.807, 2.05) is 13.8 Å². The van der Waals surface area contributed by atoms with Crippen LogP contribution in [0.2, 0.25) is 0 Å². The van der Waals surface area contributed by atoms with Crippen molar-refractivity contribution in [1.29, 1.82) is 0 Å². The van der Waals surface area contributed by atoms with E-state index >= 15 is 0 Å². The van der Waals surface area contributed by atoms with Crippen LogP contribution in [0.3, 0.4) is 0 Å². The first-order valence-corrected chi connectivity index (χ1v) is 6.42. The predicted molar refractivity (Wildman–Crippen MR) is 81.0 cm³/mol.